The summed E-state index contributed by atoms with van der Waals surface area (Å²) in [4.78, 5) is 29.5. The van der Waals surface area contributed by atoms with Crippen molar-refractivity contribution in [1.82, 2.24) is 10.2 Å². The van der Waals surface area contributed by atoms with Crippen LogP contribution >= 0.6 is 11.6 Å². The van der Waals surface area contributed by atoms with E-state index in [1.54, 1.807) is 50.4 Å². The van der Waals surface area contributed by atoms with Gasteiger partial charge in [0.15, 0.2) is 0 Å². The van der Waals surface area contributed by atoms with Gasteiger partial charge < -0.3 is 15.0 Å². The van der Waals surface area contributed by atoms with Gasteiger partial charge in [0.1, 0.15) is 18.3 Å². The molecule has 4 rings (SSSR count). The molecule has 0 aliphatic heterocycles. The molecule has 0 aromatic heterocycles. The summed E-state index contributed by atoms with van der Waals surface area (Å²) in [6.07, 6.45) is 4.29. The summed E-state index contributed by atoms with van der Waals surface area (Å²) < 4.78 is 34.7. The van der Waals surface area contributed by atoms with Crippen LogP contribution in [0.5, 0.6) is 5.75 Å². The van der Waals surface area contributed by atoms with Crippen molar-refractivity contribution in [1.29, 1.82) is 0 Å². The highest BCUT2D eigenvalue weighted by Crippen LogP contribution is 2.30. The first-order valence-electron chi connectivity index (χ1n) is 14.6. The summed E-state index contributed by atoms with van der Waals surface area (Å²) in [5.74, 6) is -0.115. The molecule has 1 atom stereocenters. The number of hydrogen-bond acceptors (Lipinski definition) is 5. The number of hydrogen-bond donors (Lipinski definition) is 1. The summed E-state index contributed by atoms with van der Waals surface area (Å²) >= 11 is 6.21. The van der Waals surface area contributed by atoms with Gasteiger partial charge in [0, 0.05) is 17.6 Å². The van der Waals surface area contributed by atoms with E-state index in [-0.39, 0.29) is 23.4 Å². The second-order valence-corrected chi connectivity index (χ2v) is 13.3. The van der Waals surface area contributed by atoms with Gasteiger partial charge in [-0.3, -0.25) is 13.9 Å². The minimum absolute atomic E-state index is 0.0608. The molecule has 1 aliphatic rings. The maximum Gasteiger partial charge on any atom is 0.264 e. The number of ether oxygens (including phenoxy) is 1. The van der Waals surface area contributed by atoms with Crippen molar-refractivity contribution in [2.45, 2.75) is 76.4 Å². The van der Waals surface area contributed by atoms with Gasteiger partial charge in [0.25, 0.3) is 10.0 Å². The Kier molecular flexibility index (Phi) is 10.7. The van der Waals surface area contributed by atoms with E-state index >= 15 is 0 Å². The van der Waals surface area contributed by atoms with Gasteiger partial charge in [0.2, 0.25) is 11.8 Å². The SMILES string of the molecule is CCC(C(=O)NC1CCCC1)N(Cc1cccc(OC)c1)C(=O)CN(c1ccc(Cl)cc1C)S(=O)(=O)c1ccc(C)cc1. The molecule has 8 nitrogen and oxygen atoms in total. The van der Waals surface area contributed by atoms with Crippen molar-refractivity contribution in [2.75, 3.05) is 18.0 Å². The van der Waals surface area contributed by atoms with Crippen LogP contribution in [-0.2, 0) is 26.2 Å². The Morgan fingerprint density at radius 2 is 1.72 bits per heavy atom. The van der Waals surface area contributed by atoms with Crippen molar-refractivity contribution in [2.24, 2.45) is 0 Å². The van der Waals surface area contributed by atoms with Gasteiger partial charge in [-0.15, -0.1) is 0 Å². The normalized spacial score (nSPS) is 14.3. The lowest BCUT2D eigenvalue weighted by molar-refractivity contribution is -0.140. The summed E-state index contributed by atoms with van der Waals surface area (Å²) in [5, 5.41) is 3.58. The average molecular weight is 626 g/mol. The number of benzene rings is 3. The number of rotatable bonds is 12. The molecule has 0 saturated heterocycles. The van der Waals surface area contributed by atoms with Crippen LogP contribution in [0, 0.1) is 13.8 Å². The van der Waals surface area contributed by atoms with Gasteiger partial charge in [-0.2, -0.15) is 0 Å². The standard InChI is InChI=1S/C33H40ClN3O5S/c1-5-30(33(39)35-27-10-6-7-11-27)36(21-25-9-8-12-28(20-25)42-4)32(38)22-37(31-18-15-26(34)19-24(31)3)43(40,41)29-16-13-23(2)14-17-29/h8-9,12-20,27,30H,5-7,10-11,21-22H2,1-4H3,(H,35,39). The van der Waals surface area contributed by atoms with E-state index < -0.39 is 28.5 Å². The molecule has 0 bridgehead atoms. The van der Waals surface area contributed by atoms with Gasteiger partial charge in [-0.05, 0) is 86.7 Å². The molecule has 1 N–H and O–H groups in total. The smallest absolute Gasteiger partial charge is 0.264 e. The van der Waals surface area contributed by atoms with Crippen LogP contribution in [0.25, 0.3) is 0 Å². The van der Waals surface area contributed by atoms with E-state index in [1.807, 2.05) is 32.0 Å². The third kappa shape index (κ3) is 7.89. The van der Waals surface area contributed by atoms with Crippen LogP contribution in [0.4, 0.5) is 5.69 Å². The number of methoxy groups -OCH3 is 1. The number of nitrogens with one attached hydrogen (secondary N) is 1. The van der Waals surface area contributed by atoms with E-state index in [4.69, 9.17) is 16.3 Å². The fourth-order valence-electron chi connectivity index (χ4n) is 5.50. The first-order valence-corrected chi connectivity index (χ1v) is 16.4. The molecule has 1 fully saturated rings. The fraction of sp³-hybridized carbons (Fsp3) is 0.394. The Labute approximate surface area is 260 Å². The Morgan fingerprint density at radius 1 is 1.02 bits per heavy atom. The molecule has 10 heteroatoms. The minimum Gasteiger partial charge on any atom is -0.497 e. The number of nitrogens with zero attached hydrogens (tertiary/aromatic N) is 2. The highest BCUT2D eigenvalue weighted by molar-refractivity contribution is 7.92. The zero-order chi connectivity index (χ0) is 31.1. The van der Waals surface area contributed by atoms with E-state index in [0.29, 0.717) is 28.4 Å². The Balaban J connectivity index is 1.75. The Bertz CT molecular complexity index is 1540. The van der Waals surface area contributed by atoms with E-state index in [9.17, 15) is 18.0 Å². The maximum absolute atomic E-state index is 14.3. The summed E-state index contributed by atoms with van der Waals surface area (Å²) in [6.45, 7) is 5.08. The highest BCUT2D eigenvalue weighted by atomic mass is 35.5. The second kappa shape index (κ2) is 14.3. The number of carbonyl (C=O) groups is 2. The van der Waals surface area contributed by atoms with Gasteiger partial charge in [-0.25, -0.2) is 8.42 Å². The fourth-order valence-corrected chi connectivity index (χ4v) is 7.21. The number of anilines is 1. The number of carbonyl (C=O) groups excluding carboxylic acids is 2. The van der Waals surface area contributed by atoms with Crippen LogP contribution in [-0.4, -0.2) is 50.9 Å². The zero-order valence-electron chi connectivity index (χ0n) is 25.2. The first-order chi connectivity index (χ1) is 20.5. The van der Waals surface area contributed by atoms with Crippen molar-refractivity contribution < 1.29 is 22.7 Å². The first kappa shape index (κ1) is 32.4. The number of halogens is 1. The Hall–Kier alpha value is -3.56. The minimum atomic E-state index is -4.17. The summed E-state index contributed by atoms with van der Waals surface area (Å²) in [5.41, 5.74) is 2.60. The zero-order valence-corrected chi connectivity index (χ0v) is 26.7. The second-order valence-electron chi connectivity index (χ2n) is 11.0. The molecule has 1 unspecified atom stereocenters. The lowest BCUT2D eigenvalue weighted by Gasteiger charge is -2.34. The van der Waals surface area contributed by atoms with E-state index in [1.165, 1.54) is 17.0 Å². The largest absolute Gasteiger partial charge is 0.497 e. The average Bonchev–Trinajstić information content (AvgIpc) is 3.49. The molecule has 1 aliphatic carbocycles. The molecule has 3 aromatic carbocycles. The predicted octanol–water partition coefficient (Wildman–Crippen LogP) is 6.03. The molecule has 3 aromatic rings. The Morgan fingerprint density at radius 3 is 2.35 bits per heavy atom. The number of amides is 2. The molecule has 1 saturated carbocycles. The molecular formula is C33H40ClN3O5S. The van der Waals surface area contributed by atoms with Gasteiger partial charge >= 0.3 is 0 Å². The number of sulfonamides is 1. The lowest BCUT2D eigenvalue weighted by atomic mass is 10.1. The van der Waals surface area contributed by atoms with Crippen LogP contribution in [0.15, 0.2) is 71.6 Å². The molecule has 43 heavy (non-hydrogen) atoms. The van der Waals surface area contributed by atoms with Crippen LogP contribution < -0.4 is 14.4 Å². The van der Waals surface area contributed by atoms with Crippen molar-refractivity contribution in [3.63, 3.8) is 0 Å². The maximum atomic E-state index is 14.3. The summed E-state index contributed by atoms with van der Waals surface area (Å²) in [7, 11) is -2.60. The van der Waals surface area contributed by atoms with Crippen molar-refractivity contribution >= 4 is 39.1 Å². The van der Waals surface area contributed by atoms with Crippen molar-refractivity contribution in [3.05, 3.63) is 88.4 Å². The van der Waals surface area contributed by atoms with Crippen LogP contribution in [0.2, 0.25) is 5.02 Å². The van der Waals surface area contributed by atoms with Gasteiger partial charge in [-0.1, -0.05) is 61.2 Å². The predicted molar refractivity (Wildman–Crippen MR) is 170 cm³/mol. The quantitative estimate of drug-likeness (QED) is 0.265. The number of aryl methyl sites for hydroxylation is 2. The monoisotopic (exact) mass is 625 g/mol. The highest BCUT2D eigenvalue weighted by Gasteiger charge is 2.35. The molecule has 2 amide bonds. The van der Waals surface area contributed by atoms with Crippen LogP contribution in [0.3, 0.4) is 0 Å². The van der Waals surface area contributed by atoms with Crippen molar-refractivity contribution in [3.8, 4) is 5.75 Å². The van der Waals surface area contributed by atoms with Gasteiger partial charge in [0.05, 0.1) is 17.7 Å². The molecule has 0 radical (unpaired) electrons. The van der Waals surface area contributed by atoms with E-state index in [2.05, 4.69) is 5.32 Å². The summed E-state index contributed by atoms with van der Waals surface area (Å²) in [6, 6.07) is 17.9. The third-order valence-electron chi connectivity index (χ3n) is 7.89. The third-order valence-corrected chi connectivity index (χ3v) is 9.90. The lowest BCUT2D eigenvalue weighted by Crippen LogP contribution is -2.53. The molecule has 0 spiro atoms. The molecule has 230 valence electrons. The molecule has 0 heterocycles. The van der Waals surface area contributed by atoms with E-state index in [0.717, 1.165) is 41.1 Å². The topological polar surface area (TPSA) is 96.0 Å². The molecular weight excluding hydrogens is 586 g/mol. The van der Waals surface area contributed by atoms with Crippen LogP contribution in [0.1, 0.15) is 55.7 Å².